The first-order valence-electron chi connectivity index (χ1n) is 9.09. The fraction of sp³-hybridized carbons (Fsp3) is 0.474. The molecule has 3 heterocycles. The topological polar surface area (TPSA) is 47.4 Å². The first kappa shape index (κ1) is 19.6. The van der Waals surface area contributed by atoms with Crippen LogP contribution in [0.25, 0.3) is 5.69 Å². The van der Waals surface area contributed by atoms with Gasteiger partial charge in [-0.15, -0.1) is 0 Å². The third-order valence-electron chi connectivity index (χ3n) is 5.63. The summed E-state index contributed by atoms with van der Waals surface area (Å²) in [5, 5.41) is 0.208. The Hall–Kier alpha value is -1.70. The predicted molar refractivity (Wildman–Crippen MR) is 104 cm³/mol. The van der Waals surface area contributed by atoms with Crippen molar-refractivity contribution >= 4 is 29.0 Å². The van der Waals surface area contributed by atoms with Crippen LogP contribution in [0.1, 0.15) is 31.5 Å². The molecule has 1 aromatic carbocycles. The molecule has 2 saturated heterocycles. The highest BCUT2D eigenvalue weighted by molar-refractivity contribution is 6.43. The molecule has 2 aromatic rings. The second-order valence-corrected chi connectivity index (χ2v) is 8.09. The summed E-state index contributed by atoms with van der Waals surface area (Å²) in [5.74, 6) is -0.375. The summed E-state index contributed by atoms with van der Waals surface area (Å²) < 4.78 is 33.9. The van der Waals surface area contributed by atoms with Crippen LogP contribution in [0.5, 0.6) is 0 Å². The van der Waals surface area contributed by atoms with E-state index in [1.54, 1.807) is 6.07 Å². The van der Waals surface area contributed by atoms with Gasteiger partial charge < -0.3 is 9.64 Å². The highest BCUT2D eigenvalue weighted by atomic mass is 35.5. The normalized spacial score (nSPS) is 19.0. The summed E-state index contributed by atoms with van der Waals surface area (Å²) in [6, 6.07) is 5.82. The molecule has 5 nitrogen and oxygen atoms in total. The van der Waals surface area contributed by atoms with E-state index in [0.717, 1.165) is 37.0 Å². The van der Waals surface area contributed by atoms with Crippen molar-refractivity contribution in [3.05, 3.63) is 50.5 Å². The highest BCUT2D eigenvalue weighted by Gasteiger charge is 2.38. The molecule has 28 heavy (non-hydrogen) atoms. The minimum Gasteiger partial charge on any atom is -0.381 e. The molecule has 1 spiro atoms. The van der Waals surface area contributed by atoms with Crippen LogP contribution in [-0.4, -0.2) is 35.9 Å². The van der Waals surface area contributed by atoms with E-state index in [9.17, 15) is 13.6 Å². The number of hydrogen-bond donors (Lipinski definition) is 0. The fourth-order valence-electron chi connectivity index (χ4n) is 3.96. The zero-order valence-corrected chi connectivity index (χ0v) is 16.5. The van der Waals surface area contributed by atoms with Gasteiger partial charge in [-0.1, -0.05) is 29.3 Å². The molecule has 0 radical (unpaired) electrons. The number of piperidine rings is 1. The summed E-state index contributed by atoms with van der Waals surface area (Å²) >= 11 is 12.1. The smallest absolute Gasteiger partial charge is 0.296 e. The average Bonchev–Trinajstić information content (AvgIpc) is 3.12. The lowest BCUT2D eigenvalue weighted by atomic mass is 9.78. The van der Waals surface area contributed by atoms with Crippen molar-refractivity contribution in [2.24, 2.45) is 5.41 Å². The molecule has 150 valence electrons. The minimum absolute atomic E-state index is 0.0314. The largest absolute Gasteiger partial charge is 0.381 e. The number of rotatable bonds is 3. The Morgan fingerprint density at radius 3 is 2.57 bits per heavy atom. The molecule has 4 rings (SSSR count). The third-order valence-corrected chi connectivity index (χ3v) is 6.44. The van der Waals surface area contributed by atoms with E-state index in [0.29, 0.717) is 13.1 Å². The number of halogens is 4. The summed E-state index contributed by atoms with van der Waals surface area (Å²) in [6.45, 7) is 2.82. The number of aromatic nitrogens is 2. The van der Waals surface area contributed by atoms with Crippen molar-refractivity contribution in [1.82, 2.24) is 9.55 Å². The van der Waals surface area contributed by atoms with Gasteiger partial charge in [-0.05, 0) is 36.8 Å². The van der Waals surface area contributed by atoms with Gasteiger partial charge in [0.15, 0.2) is 5.82 Å². The van der Waals surface area contributed by atoms with Gasteiger partial charge in [-0.2, -0.15) is 0 Å². The zero-order valence-electron chi connectivity index (χ0n) is 15.0. The lowest BCUT2D eigenvalue weighted by Gasteiger charge is -2.39. The molecule has 2 aliphatic heterocycles. The Kier molecular flexibility index (Phi) is 5.33. The average molecular weight is 430 g/mol. The van der Waals surface area contributed by atoms with Crippen molar-refractivity contribution < 1.29 is 13.5 Å². The monoisotopic (exact) mass is 429 g/mol. The zero-order chi connectivity index (χ0) is 19.9. The van der Waals surface area contributed by atoms with Crippen LogP contribution in [0, 0.1) is 5.41 Å². The molecule has 9 heteroatoms. The summed E-state index contributed by atoms with van der Waals surface area (Å²) in [4.78, 5) is 18.8. The Morgan fingerprint density at radius 2 is 1.93 bits per heavy atom. The van der Waals surface area contributed by atoms with Crippen molar-refractivity contribution in [1.29, 1.82) is 0 Å². The molecule has 2 fully saturated rings. The Bertz CT molecular complexity index is 935. The number of hydrogen-bond acceptors (Lipinski definition) is 4. The molecule has 1 aromatic heterocycles. The van der Waals surface area contributed by atoms with Gasteiger partial charge in [0.2, 0.25) is 0 Å². The van der Waals surface area contributed by atoms with Crippen molar-refractivity contribution in [3.8, 4) is 5.69 Å². The fourth-order valence-corrected chi connectivity index (χ4v) is 4.34. The van der Waals surface area contributed by atoms with Gasteiger partial charge in [0.05, 0.1) is 22.3 Å². The molecule has 2 aliphatic rings. The number of benzene rings is 1. The maximum absolute atomic E-state index is 13.8. The quantitative estimate of drug-likeness (QED) is 0.721. The SMILES string of the molecule is O=c1cc(N2CCC3(CCOC3)CC2)nc(C(F)F)n1-c1cccc(Cl)c1Cl. The molecule has 0 unspecified atom stereocenters. The van der Waals surface area contributed by atoms with Gasteiger partial charge in [0, 0.05) is 25.8 Å². The van der Waals surface area contributed by atoms with E-state index in [1.165, 1.54) is 18.2 Å². The second-order valence-electron chi connectivity index (χ2n) is 7.31. The second kappa shape index (κ2) is 7.61. The highest BCUT2D eigenvalue weighted by Crippen LogP contribution is 2.40. The van der Waals surface area contributed by atoms with E-state index in [2.05, 4.69) is 4.98 Å². The van der Waals surface area contributed by atoms with Crippen LogP contribution in [0.4, 0.5) is 14.6 Å². The van der Waals surface area contributed by atoms with Gasteiger partial charge in [-0.3, -0.25) is 9.36 Å². The lowest BCUT2D eigenvalue weighted by Crippen LogP contribution is -2.41. The van der Waals surface area contributed by atoms with Crippen LogP contribution in [0.2, 0.25) is 10.0 Å². The number of alkyl halides is 2. The third kappa shape index (κ3) is 3.51. The van der Waals surface area contributed by atoms with E-state index in [1.807, 2.05) is 4.90 Å². The van der Waals surface area contributed by atoms with E-state index >= 15 is 0 Å². The first-order valence-corrected chi connectivity index (χ1v) is 9.85. The lowest BCUT2D eigenvalue weighted by molar-refractivity contribution is 0.132. The van der Waals surface area contributed by atoms with Gasteiger partial charge in [-0.25, -0.2) is 13.8 Å². The number of ether oxygens (including phenoxy) is 1. The molecular formula is C19H19Cl2F2N3O2. The summed E-state index contributed by atoms with van der Waals surface area (Å²) in [5.41, 5.74) is -0.353. The Morgan fingerprint density at radius 1 is 1.18 bits per heavy atom. The number of nitrogens with zero attached hydrogens (tertiary/aromatic N) is 3. The molecule has 0 N–H and O–H groups in total. The molecule has 0 aliphatic carbocycles. The predicted octanol–water partition coefficient (Wildman–Crippen LogP) is 4.48. The standard InChI is InChI=1S/C19H19Cl2F2N3O2/c20-12-2-1-3-13(16(12)21)26-15(27)10-14(24-18(26)17(22)23)25-7-4-19(5-8-25)6-9-28-11-19/h1-3,10,17H,4-9,11H2. The van der Waals surface area contributed by atoms with Crippen LogP contribution in [0.3, 0.4) is 0 Å². The van der Waals surface area contributed by atoms with Gasteiger partial charge in [0.25, 0.3) is 12.0 Å². The van der Waals surface area contributed by atoms with Crippen LogP contribution in [0.15, 0.2) is 29.1 Å². The van der Waals surface area contributed by atoms with Gasteiger partial charge in [0.1, 0.15) is 5.82 Å². The molecule has 0 bridgehead atoms. The molecular weight excluding hydrogens is 411 g/mol. The Labute approximate surface area is 170 Å². The van der Waals surface area contributed by atoms with Crippen molar-refractivity contribution in [3.63, 3.8) is 0 Å². The van der Waals surface area contributed by atoms with Crippen molar-refractivity contribution in [2.45, 2.75) is 25.7 Å². The van der Waals surface area contributed by atoms with E-state index in [4.69, 9.17) is 27.9 Å². The Balaban J connectivity index is 1.70. The minimum atomic E-state index is -2.94. The molecule has 0 saturated carbocycles. The maximum Gasteiger partial charge on any atom is 0.296 e. The molecule has 0 atom stereocenters. The van der Waals surface area contributed by atoms with E-state index in [-0.39, 0.29) is 27.0 Å². The van der Waals surface area contributed by atoms with Crippen LogP contribution >= 0.6 is 23.2 Å². The maximum atomic E-state index is 13.8. The van der Waals surface area contributed by atoms with Gasteiger partial charge >= 0.3 is 0 Å². The van der Waals surface area contributed by atoms with Crippen molar-refractivity contribution in [2.75, 3.05) is 31.2 Å². The summed E-state index contributed by atoms with van der Waals surface area (Å²) in [6.07, 6.45) is -0.142. The summed E-state index contributed by atoms with van der Waals surface area (Å²) in [7, 11) is 0. The number of anilines is 1. The van der Waals surface area contributed by atoms with Crippen LogP contribution in [-0.2, 0) is 4.74 Å². The van der Waals surface area contributed by atoms with E-state index < -0.39 is 17.8 Å². The van der Waals surface area contributed by atoms with Crippen LogP contribution < -0.4 is 10.5 Å². The molecule has 0 amide bonds. The first-order chi connectivity index (χ1) is 13.4.